The lowest BCUT2D eigenvalue weighted by atomic mass is 10.1. The predicted octanol–water partition coefficient (Wildman–Crippen LogP) is 1.99. The molecule has 1 heterocycles. The van der Waals surface area contributed by atoms with Crippen LogP contribution in [0.25, 0.3) is 0 Å². The summed E-state index contributed by atoms with van der Waals surface area (Å²) in [5.41, 5.74) is 0. The van der Waals surface area contributed by atoms with Crippen molar-refractivity contribution in [2.24, 2.45) is 0 Å². The molecule has 1 fully saturated rings. The van der Waals surface area contributed by atoms with Gasteiger partial charge in [-0.3, -0.25) is 0 Å². The van der Waals surface area contributed by atoms with E-state index in [0.29, 0.717) is 0 Å². The lowest BCUT2D eigenvalue weighted by Crippen LogP contribution is -2.58. The van der Waals surface area contributed by atoms with Crippen molar-refractivity contribution >= 4 is 18.4 Å². The van der Waals surface area contributed by atoms with Crippen LogP contribution in [0.5, 0.6) is 0 Å². The zero-order valence-corrected chi connectivity index (χ0v) is 14.2. The fourth-order valence-electron chi connectivity index (χ4n) is 3.61. The Labute approximate surface area is 134 Å². The highest BCUT2D eigenvalue weighted by Gasteiger charge is 2.36. The van der Waals surface area contributed by atoms with Crippen molar-refractivity contribution < 1.29 is 5.11 Å². The molecule has 2 atom stereocenters. The maximum atomic E-state index is 10.8. The van der Waals surface area contributed by atoms with Gasteiger partial charge in [0, 0.05) is 6.04 Å². The van der Waals surface area contributed by atoms with Gasteiger partial charge in [0.25, 0.3) is 0 Å². The average molecular weight is 312 g/mol. The van der Waals surface area contributed by atoms with E-state index in [1.165, 1.54) is 16.8 Å². The molecular weight excluding hydrogens is 286 g/mol. The molecule has 2 aromatic carbocycles. The zero-order chi connectivity index (χ0) is 15.4. The van der Waals surface area contributed by atoms with Gasteiger partial charge in [-0.25, -0.2) is 0 Å². The maximum Gasteiger partial charge on any atom is 0.117 e. The van der Waals surface area contributed by atoms with E-state index in [0.717, 1.165) is 19.0 Å². The molecule has 0 radical (unpaired) electrons. The summed E-state index contributed by atoms with van der Waals surface area (Å²) in [6, 6.07) is 22.7. The first-order valence-corrected chi connectivity index (χ1v) is 10.9. The Hall–Kier alpha value is -1.42. The third-order valence-corrected chi connectivity index (χ3v) is 9.45. The highest BCUT2D eigenvalue weighted by Crippen LogP contribution is 2.20. The van der Waals surface area contributed by atoms with E-state index in [2.05, 4.69) is 72.5 Å². The summed E-state index contributed by atoms with van der Waals surface area (Å²) in [5, 5.41) is 17.0. The lowest BCUT2D eigenvalue weighted by molar-refractivity contribution is 0.153. The van der Waals surface area contributed by atoms with Gasteiger partial charge in [-0.15, -0.1) is 0 Å². The van der Waals surface area contributed by atoms with Crippen LogP contribution in [-0.4, -0.2) is 31.9 Å². The van der Waals surface area contributed by atoms with Crippen LogP contribution in [-0.2, 0) is 0 Å². The van der Waals surface area contributed by atoms with E-state index < -0.39 is 8.07 Å². The van der Waals surface area contributed by atoms with Crippen LogP contribution in [0.1, 0.15) is 12.8 Å². The minimum absolute atomic E-state index is 0.263. The molecule has 1 aliphatic heterocycles. The minimum Gasteiger partial charge on any atom is -0.392 e. The van der Waals surface area contributed by atoms with Crippen LogP contribution in [0, 0.1) is 0 Å². The molecule has 116 valence electrons. The van der Waals surface area contributed by atoms with E-state index in [1.54, 1.807) is 0 Å². The van der Waals surface area contributed by atoms with Crippen LogP contribution in [0.4, 0.5) is 0 Å². The van der Waals surface area contributed by atoms with E-state index in [4.69, 9.17) is 0 Å². The minimum atomic E-state index is -1.92. The van der Waals surface area contributed by atoms with Crippen molar-refractivity contribution in [3.8, 4) is 0 Å². The highest BCUT2D eigenvalue weighted by molar-refractivity contribution is 7.01. The second-order valence-corrected chi connectivity index (χ2v) is 10.8. The summed E-state index contributed by atoms with van der Waals surface area (Å²) in [6.45, 7) is 3.42. The van der Waals surface area contributed by atoms with Gasteiger partial charge < -0.3 is 10.4 Å². The largest absolute Gasteiger partial charge is 0.392 e. The molecule has 2 nitrogen and oxygen atoms in total. The van der Waals surface area contributed by atoms with Crippen molar-refractivity contribution in [3.05, 3.63) is 60.7 Å². The van der Waals surface area contributed by atoms with Crippen molar-refractivity contribution in [3.63, 3.8) is 0 Å². The van der Waals surface area contributed by atoms with Crippen molar-refractivity contribution in [2.75, 3.05) is 6.54 Å². The van der Waals surface area contributed by atoms with Gasteiger partial charge >= 0.3 is 0 Å². The molecule has 0 aromatic heterocycles. The van der Waals surface area contributed by atoms with Gasteiger partial charge in [0.2, 0.25) is 0 Å². The standard InChI is InChI=1S/C19H25NOSi/c1-22(16-9-4-2-5-10-16,17-11-6-3-7-12-17)15-19(21)18-13-8-14-20-18/h2-7,9-12,18-21H,8,13-15H2,1H3/t18?,19-/m1/s1. The molecule has 22 heavy (non-hydrogen) atoms. The molecule has 1 unspecified atom stereocenters. The molecule has 3 heteroatoms. The Morgan fingerprint density at radius 3 is 2.05 bits per heavy atom. The van der Waals surface area contributed by atoms with Crippen LogP contribution in [0.2, 0.25) is 12.6 Å². The Bertz CT molecular complexity index is 541. The van der Waals surface area contributed by atoms with Crippen molar-refractivity contribution in [1.29, 1.82) is 0 Å². The maximum absolute atomic E-state index is 10.8. The number of hydrogen-bond acceptors (Lipinski definition) is 2. The van der Waals surface area contributed by atoms with E-state index in [-0.39, 0.29) is 12.1 Å². The molecule has 3 rings (SSSR count). The van der Waals surface area contributed by atoms with Gasteiger partial charge in [0.1, 0.15) is 8.07 Å². The summed E-state index contributed by atoms with van der Waals surface area (Å²) in [5.74, 6) is 0. The zero-order valence-electron chi connectivity index (χ0n) is 13.2. The SMILES string of the molecule is C[Si](C[C@@H](O)C1CCCN1)(c1ccccc1)c1ccccc1. The first kappa shape index (κ1) is 15.5. The summed E-state index contributed by atoms with van der Waals surface area (Å²) in [4.78, 5) is 0. The third-order valence-electron chi connectivity index (χ3n) is 5.00. The van der Waals surface area contributed by atoms with E-state index >= 15 is 0 Å². The Morgan fingerprint density at radius 2 is 1.59 bits per heavy atom. The quantitative estimate of drug-likeness (QED) is 0.828. The molecule has 0 spiro atoms. The highest BCUT2D eigenvalue weighted by atomic mass is 28.3. The smallest absolute Gasteiger partial charge is 0.117 e. The Balaban J connectivity index is 1.93. The van der Waals surface area contributed by atoms with E-state index in [1.807, 2.05) is 0 Å². The molecule has 2 N–H and O–H groups in total. The summed E-state index contributed by atoms with van der Waals surface area (Å²) in [7, 11) is -1.92. The normalized spacial score (nSPS) is 20.0. The van der Waals surface area contributed by atoms with Crippen molar-refractivity contribution in [1.82, 2.24) is 5.32 Å². The van der Waals surface area contributed by atoms with Crippen LogP contribution in [0.15, 0.2) is 60.7 Å². The van der Waals surface area contributed by atoms with Crippen LogP contribution >= 0.6 is 0 Å². The van der Waals surface area contributed by atoms with Crippen molar-refractivity contribution in [2.45, 2.75) is 37.6 Å². The summed E-state index contributed by atoms with van der Waals surface area (Å²) >= 11 is 0. The number of benzene rings is 2. The van der Waals surface area contributed by atoms with Crippen LogP contribution in [0.3, 0.4) is 0 Å². The Kier molecular flexibility index (Phi) is 4.77. The van der Waals surface area contributed by atoms with Crippen LogP contribution < -0.4 is 15.7 Å². The van der Waals surface area contributed by atoms with Gasteiger partial charge in [-0.1, -0.05) is 77.6 Å². The first-order valence-electron chi connectivity index (χ1n) is 8.23. The number of aliphatic hydroxyl groups is 1. The molecule has 0 aliphatic carbocycles. The van der Waals surface area contributed by atoms with Gasteiger partial charge in [0.15, 0.2) is 0 Å². The van der Waals surface area contributed by atoms with Gasteiger partial charge in [-0.05, 0) is 25.4 Å². The summed E-state index contributed by atoms with van der Waals surface area (Å²) < 4.78 is 0. The van der Waals surface area contributed by atoms with E-state index in [9.17, 15) is 5.11 Å². The number of rotatable bonds is 5. The fraction of sp³-hybridized carbons (Fsp3) is 0.368. The second kappa shape index (κ2) is 6.78. The lowest BCUT2D eigenvalue weighted by Gasteiger charge is -2.33. The number of hydrogen-bond donors (Lipinski definition) is 2. The first-order chi connectivity index (χ1) is 10.7. The molecule has 0 amide bonds. The third kappa shape index (κ3) is 3.17. The van der Waals surface area contributed by atoms with Gasteiger partial charge in [0.05, 0.1) is 6.10 Å². The molecule has 0 saturated carbocycles. The topological polar surface area (TPSA) is 32.3 Å². The summed E-state index contributed by atoms with van der Waals surface area (Å²) in [6.07, 6.45) is 2.01. The monoisotopic (exact) mass is 311 g/mol. The molecular formula is C19H25NOSi. The predicted molar refractivity (Wildman–Crippen MR) is 95.6 cm³/mol. The molecule has 2 aromatic rings. The Morgan fingerprint density at radius 1 is 1.05 bits per heavy atom. The number of aliphatic hydroxyl groups excluding tert-OH is 1. The molecule has 1 aliphatic rings. The average Bonchev–Trinajstić information content (AvgIpc) is 3.11. The number of nitrogens with one attached hydrogen (secondary N) is 1. The molecule has 0 bridgehead atoms. The molecule has 1 saturated heterocycles. The fourth-order valence-corrected chi connectivity index (χ4v) is 7.40. The second-order valence-electron chi connectivity index (χ2n) is 6.54. The van der Waals surface area contributed by atoms with Gasteiger partial charge in [-0.2, -0.15) is 0 Å².